The van der Waals surface area contributed by atoms with E-state index >= 15 is 0 Å². The molecule has 0 fully saturated rings. The molecule has 0 aliphatic heterocycles. The minimum Gasteiger partial charge on any atom is -0.460 e. The Morgan fingerprint density at radius 1 is 1.05 bits per heavy atom. The van der Waals surface area contributed by atoms with E-state index in [2.05, 4.69) is 6.58 Å². The van der Waals surface area contributed by atoms with Crippen LogP contribution in [-0.4, -0.2) is 12.6 Å². The largest absolute Gasteiger partial charge is 0.460 e. The third kappa shape index (κ3) is 2.63. The molecule has 0 radical (unpaired) electrons. The number of carbonyl (C=O) groups excluding carboxylic acids is 1. The molecule has 0 aliphatic carbocycles. The maximum absolute atomic E-state index is 12.4. The minimum absolute atomic E-state index is 0.136. The van der Waals surface area contributed by atoms with E-state index in [9.17, 15) is 4.79 Å². The second-order valence-electron chi connectivity index (χ2n) is 4.43. The van der Waals surface area contributed by atoms with E-state index in [0.29, 0.717) is 11.1 Å². The fourth-order valence-corrected chi connectivity index (χ4v) is 2.05. The summed E-state index contributed by atoms with van der Waals surface area (Å²) in [7, 11) is 0. The highest BCUT2D eigenvalue weighted by molar-refractivity contribution is 5.86. The Bertz CT molecular complexity index is 539. The molecule has 0 saturated heterocycles. The Kier molecular flexibility index (Phi) is 4.33. The van der Waals surface area contributed by atoms with Gasteiger partial charge in [0, 0.05) is 0 Å². The quantitative estimate of drug-likeness (QED) is 0.669. The standard InChI is InChI=1S/C17H17NO2/c1-2-13-20-16(19)17(18,14-9-5-3-6-10-14)15-11-7-4-8-12-15/h2-12H,1,13,18H2. The maximum atomic E-state index is 12.4. The third-order valence-electron chi connectivity index (χ3n) is 3.11. The Labute approximate surface area is 118 Å². The van der Waals surface area contributed by atoms with Crippen LogP contribution < -0.4 is 5.73 Å². The van der Waals surface area contributed by atoms with Crippen LogP contribution in [0.4, 0.5) is 0 Å². The van der Waals surface area contributed by atoms with Crippen LogP contribution in [-0.2, 0) is 15.1 Å². The van der Waals surface area contributed by atoms with Gasteiger partial charge < -0.3 is 10.5 Å². The van der Waals surface area contributed by atoms with Crippen molar-refractivity contribution in [1.29, 1.82) is 0 Å². The molecule has 3 heteroatoms. The molecule has 0 unspecified atom stereocenters. The predicted octanol–water partition coefficient (Wildman–Crippen LogP) is 2.62. The highest BCUT2D eigenvalue weighted by Crippen LogP contribution is 2.28. The summed E-state index contributed by atoms with van der Waals surface area (Å²) in [6.45, 7) is 3.68. The molecule has 0 heterocycles. The lowest BCUT2D eigenvalue weighted by atomic mass is 9.84. The van der Waals surface area contributed by atoms with Gasteiger partial charge in [0.25, 0.3) is 0 Å². The van der Waals surface area contributed by atoms with Gasteiger partial charge in [-0.1, -0.05) is 73.3 Å². The topological polar surface area (TPSA) is 52.3 Å². The number of carbonyl (C=O) groups is 1. The van der Waals surface area contributed by atoms with Gasteiger partial charge in [-0.3, -0.25) is 0 Å². The van der Waals surface area contributed by atoms with Gasteiger partial charge in [0.05, 0.1) is 0 Å². The molecule has 102 valence electrons. The van der Waals surface area contributed by atoms with Crippen LogP contribution in [0.1, 0.15) is 11.1 Å². The first-order valence-corrected chi connectivity index (χ1v) is 6.37. The molecule has 3 nitrogen and oxygen atoms in total. The van der Waals surface area contributed by atoms with Crippen molar-refractivity contribution >= 4 is 5.97 Å². The average molecular weight is 267 g/mol. The number of esters is 1. The van der Waals surface area contributed by atoms with Crippen LogP contribution in [0.25, 0.3) is 0 Å². The van der Waals surface area contributed by atoms with E-state index < -0.39 is 11.5 Å². The minimum atomic E-state index is -1.31. The zero-order valence-corrected chi connectivity index (χ0v) is 11.2. The van der Waals surface area contributed by atoms with Gasteiger partial charge in [-0.05, 0) is 11.1 Å². The molecule has 0 bridgehead atoms. The molecule has 20 heavy (non-hydrogen) atoms. The van der Waals surface area contributed by atoms with Gasteiger partial charge in [0.15, 0.2) is 5.54 Å². The fraction of sp³-hybridized carbons (Fsp3) is 0.118. The number of hydrogen-bond donors (Lipinski definition) is 1. The lowest BCUT2D eigenvalue weighted by molar-refractivity contribution is -0.147. The molecule has 0 amide bonds. The monoisotopic (exact) mass is 267 g/mol. The summed E-state index contributed by atoms with van der Waals surface area (Å²) in [5, 5.41) is 0. The van der Waals surface area contributed by atoms with Crippen molar-refractivity contribution in [3.05, 3.63) is 84.4 Å². The maximum Gasteiger partial charge on any atom is 0.335 e. The van der Waals surface area contributed by atoms with Crippen molar-refractivity contribution in [3.63, 3.8) is 0 Å². The van der Waals surface area contributed by atoms with Gasteiger partial charge in [-0.25, -0.2) is 4.79 Å². The van der Waals surface area contributed by atoms with Gasteiger partial charge in [0.2, 0.25) is 0 Å². The van der Waals surface area contributed by atoms with Crippen molar-refractivity contribution < 1.29 is 9.53 Å². The molecular weight excluding hydrogens is 250 g/mol. The number of hydrogen-bond acceptors (Lipinski definition) is 3. The smallest absolute Gasteiger partial charge is 0.335 e. The molecule has 0 aromatic heterocycles. The van der Waals surface area contributed by atoms with E-state index in [0.717, 1.165) is 0 Å². The first-order valence-electron chi connectivity index (χ1n) is 6.37. The first kappa shape index (κ1) is 14.0. The summed E-state index contributed by atoms with van der Waals surface area (Å²) in [5.74, 6) is -0.491. The lowest BCUT2D eigenvalue weighted by Gasteiger charge is -2.28. The second-order valence-corrected chi connectivity index (χ2v) is 4.43. The van der Waals surface area contributed by atoms with Crippen molar-refractivity contribution in [1.82, 2.24) is 0 Å². The highest BCUT2D eigenvalue weighted by Gasteiger charge is 2.39. The number of nitrogens with two attached hydrogens (primary N) is 1. The SMILES string of the molecule is C=CCOC(=O)C(N)(c1ccccc1)c1ccccc1. The molecular formula is C17H17NO2. The number of ether oxygens (including phenoxy) is 1. The van der Waals surface area contributed by atoms with E-state index in [1.807, 2.05) is 60.7 Å². The highest BCUT2D eigenvalue weighted by atomic mass is 16.5. The molecule has 2 N–H and O–H groups in total. The summed E-state index contributed by atoms with van der Waals surface area (Å²) in [4.78, 5) is 12.4. The van der Waals surface area contributed by atoms with Crippen molar-refractivity contribution in [3.8, 4) is 0 Å². The van der Waals surface area contributed by atoms with Gasteiger partial charge >= 0.3 is 5.97 Å². The molecule has 0 spiro atoms. The first-order chi connectivity index (χ1) is 9.69. The predicted molar refractivity (Wildman–Crippen MR) is 79.0 cm³/mol. The Balaban J connectivity index is 2.49. The van der Waals surface area contributed by atoms with Gasteiger partial charge in [-0.2, -0.15) is 0 Å². The zero-order valence-electron chi connectivity index (χ0n) is 11.2. The summed E-state index contributed by atoms with van der Waals surface area (Å²) in [5.41, 5.74) is 6.49. The summed E-state index contributed by atoms with van der Waals surface area (Å²) in [6, 6.07) is 18.4. The summed E-state index contributed by atoms with van der Waals surface area (Å²) < 4.78 is 5.18. The van der Waals surface area contributed by atoms with Crippen molar-refractivity contribution in [2.24, 2.45) is 5.73 Å². The Morgan fingerprint density at radius 2 is 1.50 bits per heavy atom. The second kappa shape index (κ2) is 6.17. The molecule has 2 aromatic carbocycles. The van der Waals surface area contributed by atoms with E-state index in [1.165, 1.54) is 6.08 Å². The van der Waals surface area contributed by atoms with Crippen molar-refractivity contribution in [2.45, 2.75) is 5.54 Å². The third-order valence-corrected chi connectivity index (χ3v) is 3.11. The summed E-state index contributed by atoms with van der Waals surface area (Å²) >= 11 is 0. The average Bonchev–Trinajstić information content (AvgIpc) is 2.53. The Hall–Kier alpha value is -2.39. The fourth-order valence-electron chi connectivity index (χ4n) is 2.05. The number of benzene rings is 2. The van der Waals surface area contributed by atoms with Crippen LogP contribution in [0.3, 0.4) is 0 Å². The molecule has 0 saturated carbocycles. The Morgan fingerprint density at radius 3 is 1.90 bits per heavy atom. The van der Waals surface area contributed by atoms with Crippen LogP contribution >= 0.6 is 0 Å². The molecule has 2 rings (SSSR count). The van der Waals surface area contributed by atoms with Crippen molar-refractivity contribution in [2.75, 3.05) is 6.61 Å². The molecule has 0 atom stereocenters. The van der Waals surface area contributed by atoms with Crippen LogP contribution in [0, 0.1) is 0 Å². The van der Waals surface area contributed by atoms with E-state index in [-0.39, 0.29) is 6.61 Å². The van der Waals surface area contributed by atoms with E-state index in [4.69, 9.17) is 10.5 Å². The van der Waals surface area contributed by atoms with E-state index in [1.54, 1.807) is 0 Å². The lowest BCUT2D eigenvalue weighted by Crippen LogP contribution is -2.47. The number of rotatable bonds is 5. The molecule has 0 aliphatic rings. The zero-order chi connectivity index (χ0) is 14.4. The normalized spacial score (nSPS) is 10.8. The van der Waals surface area contributed by atoms with Gasteiger partial charge in [-0.15, -0.1) is 0 Å². The summed E-state index contributed by atoms with van der Waals surface area (Å²) in [6.07, 6.45) is 1.52. The molecule has 2 aromatic rings. The van der Waals surface area contributed by atoms with Crippen LogP contribution in [0.15, 0.2) is 73.3 Å². The van der Waals surface area contributed by atoms with Crippen LogP contribution in [0.2, 0.25) is 0 Å². The van der Waals surface area contributed by atoms with Gasteiger partial charge in [0.1, 0.15) is 6.61 Å². The van der Waals surface area contributed by atoms with Crippen LogP contribution in [0.5, 0.6) is 0 Å².